The van der Waals surface area contributed by atoms with Crippen LogP contribution in [0, 0.1) is 0 Å². The van der Waals surface area contributed by atoms with Crippen LogP contribution in [0.4, 0.5) is 0 Å². The van der Waals surface area contributed by atoms with Crippen LogP contribution in [0.25, 0.3) is 6.08 Å². The van der Waals surface area contributed by atoms with Crippen LogP contribution in [0.5, 0.6) is 0 Å². The van der Waals surface area contributed by atoms with Gasteiger partial charge in [-0.25, -0.2) is 0 Å². The van der Waals surface area contributed by atoms with Crippen molar-refractivity contribution in [1.82, 2.24) is 5.32 Å². The molecular formula is C12H12ClNO. The lowest BCUT2D eigenvalue weighted by Gasteiger charge is -1.98. The maximum Gasteiger partial charge on any atom is 0.244 e. The Morgan fingerprint density at radius 2 is 2.13 bits per heavy atom. The summed E-state index contributed by atoms with van der Waals surface area (Å²) >= 11 is 5.94. The van der Waals surface area contributed by atoms with Gasteiger partial charge in [-0.2, -0.15) is 0 Å². The summed E-state index contributed by atoms with van der Waals surface area (Å²) in [7, 11) is 0. The van der Waals surface area contributed by atoms with E-state index in [2.05, 4.69) is 5.32 Å². The fourth-order valence-electron chi connectivity index (χ4n) is 1.25. The molecule has 0 aromatic heterocycles. The van der Waals surface area contributed by atoms with Gasteiger partial charge in [-0.3, -0.25) is 4.79 Å². The average molecular weight is 222 g/mol. The zero-order valence-corrected chi connectivity index (χ0v) is 9.00. The molecule has 0 saturated heterocycles. The minimum Gasteiger partial charge on any atom is -0.350 e. The van der Waals surface area contributed by atoms with Gasteiger partial charge in [0, 0.05) is 17.1 Å². The molecule has 0 atom stereocenters. The number of carbonyl (C=O) groups is 1. The summed E-state index contributed by atoms with van der Waals surface area (Å²) in [5, 5.41) is 3.53. The summed E-state index contributed by atoms with van der Waals surface area (Å²) in [6, 6.07) is 7.84. The molecule has 0 radical (unpaired) electrons. The minimum absolute atomic E-state index is 0.0441. The second-order valence-electron chi connectivity index (χ2n) is 3.64. The lowest BCUT2D eigenvalue weighted by Crippen LogP contribution is -2.22. The van der Waals surface area contributed by atoms with E-state index in [1.165, 1.54) is 6.08 Å². The van der Waals surface area contributed by atoms with E-state index in [9.17, 15) is 4.79 Å². The Morgan fingerprint density at radius 3 is 2.80 bits per heavy atom. The minimum atomic E-state index is -0.0441. The number of hydrogen-bond acceptors (Lipinski definition) is 1. The highest BCUT2D eigenvalue weighted by atomic mass is 35.5. The Morgan fingerprint density at radius 1 is 1.40 bits per heavy atom. The van der Waals surface area contributed by atoms with Crippen molar-refractivity contribution in [2.24, 2.45) is 0 Å². The Hall–Kier alpha value is -1.28. The van der Waals surface area contributed by atoms with Crippen molar-refractivity contribution in [3.8, 4) is 0 Å². The van der Waals surface area contributed by atoms with Gasteiger partial charge in [-0.1, -0.05) is 29.8 Å². The molecular weight excluding hydrogens is 210 g/mol. The monoisotopic (exact) mass is 221 g/mol. The van der Waals surface area contributed by atoms with Gasteiger partial charge in [0.25, 0.3) is 0 Å². The Kier molecular flexibility index (Phi) is 3.07. The van der Waals surface area contributed by atoms with Crippen molar-refractivity contribution < 1.29 is 4.79 Å². The van der Waals surface area contributed by atoms with Crippen molar-refractivity contribution in [3.05, 3.63) is 40.9 Å². The smallest absolute Gasteiger partial charge is 0.244 e. The summed E-state index contributed by atoms with van der Waals surface area (Å²) in [5.74, 6) is -0.0441. The number of hydrogen-bond donors (Lipinski definition) is 1. The van der Waals surface area contributed by atoms with Crippen LogP contribution >= 0.6 is 11.6 Å². The highest BCUT2D eigenvalue weighted by molar-refractivity contribution is 6.32. The van der Waals surface area contributed by atoms with Crippen LogP contribution in [-0.2, 0) is 4.79 Å². The summed E-state index contributed by atoms with van der Waals surface area (Å²) in [6.45, 7) is 0. The first-order valence-electron chi connectivity index (χ1n) is 4.99. The van der Waals surface area contributed by atoms with E-state index >= 15 is 0 Å². The molecule has 1 amide bonds. The van der Waals surface area contributed by atoms with Gasteiger partial charge in [0.2, 0.25) is 5.91 Å². The highest BCUT2D eigenvalue weighted by Crippen LogP contribution is 2.19. The third-order valence-corrected chi connectivity index (χ3v) is 2.59. The summed E-state index contributed by atoms with van der Waals surface area (Å²) in [6.07, 6.45) is 5.47. The molecule has 1 fully saturated rings. The van der Waals surface area contributed by atoms with E-state index < -0.39 is 0 Å². The van der Waals surface area contributed by atoms with E-state index in [0.717, 1.165) is 18.4 Å². The number of benzene rings is 1. The second-order valence-corrected chi connectivity index (χ2v) is 4.04. The molecule has 2 rings (SSSR count). The molecule has 1 aliphatic rings. The largest absolute Gasteiger partial charge is 0.350 e. The first-order chi connectivity index (χ1) is 7.25. The van der Waals surface area contributed by atoms with E-state index in [-0.39, 0.29) is 5.91 Å². The molecule has 3 heteroatoms. The molecule has 1 aromatic carbocycles. The van der Waals surface area contributed by atoms with Crippen LogP contribution in [0.15, 0.2) is 30.3 Å². The predicted molar refractivity (Wildman–Crippen MR) is 61.7 cm³/mol. The molecule has 0 aliphatic heterocycles. The van der Waals surface area contributed by atoms with Crippen molar-refractivity contribution in [3.63, 3.8) is 0 Å². The molecule has 1 aromatic rings. The zero-order valence-electron chi connectivity index (χ0n) is 8.24. The molecule has 15 heavy (non-hydrogen) atoms. The van der Waals surface area contributed by atoms with Crippen molar-refractivity contribution in [2.75, 3.05) is 0 Å². The Balaban J connectivity index is 1.97. The van der Waals surface area contributed by atoms with Gasteiger partial charge in [-0.15, -0.1) is 0 Å². The van der Waals surface area contributed by atoms with E-state index in [1.807, 2.05) is 18.2 Å². The number of rotatable bonds is 3. The number of nitrogens with one attached hydrogen (secondary N) is 1. The third-order valence-electron chi connectivity index (χ3n) is 2.24. The first-order valence-corrected chi connectivity index (χ1v) is 5.36. The van der Waals surface area contributed by atoms with Gasteiger partial charge in [-0.05, 0) is 30.5 Å². The average Bonchev–Trinajstić information content (AvgIpc) is 3.00. The molecule has 0 spiro atoms. The van der Waals surface area contributed by atoms with Crippen LogP contribution in [-0.4, -0.2) is 11.9 Å². The molecule has 1 saturated carbocycles. The fraction of sp³-hybridized carbons (Fsp3) is 0.250. The molecule has 78 valence electrons. The van der Waals surface area contributed by atoms with Crippen molar-refractivity contribution >= 4 is 23.6 Å². The Labute approximate surface area is 93.9 Å². The van der Waals surface area contributed by atoms with Gasteiger partial charge >= 0.3 is 0 Å². The first kappa shape index (κ1) is 10.2. The highest BCUT2D eigenvalue weighted by Gasteiger charge is 2.21. The van der Waals surface area contributed by atoms with Crippen LogP contribution < -0.4 is 5.32 Å². The molecule has 2 nitrogen and oxygen atoms in total. The zero-order chi connectivity index (χ0) is 10.7. The summed E-state index contributed by atoms with van der Waals surface area (Å²) < 4.78 is 0. The van der Waals surface area contributed by atoms with Crippen LogP contribution in [0.1, 0.15) is 18.4 Å². The summed E-state index contributed by atoms with van der Waals surface area (Å²) in [5.41, 5.74) is 0.866. The van der Waals surface area contributed by atoms with Crippen LogP contribution in [0.2, 0.25) is 5.02 Å². The quantitative estimate of drug-likeness (QED) is 0.782. The lowest BCUT2D eigenvalue weighted by molar-refractivity contribution is -0.116. The standard InChI is InChI=1S/C12H12ClNO/c13-11-4-2-1-3-9(11)5-8-12(15)14-10-6-7-10/h1-5,8,10H,6-7H2,(H,14,15). The molecule has 1 aliphatic carbocycles. The molecule has 0 heterocycles. The van der Waals surface area contributed by atoms with E-state index in [1.54, 1.807) is 12.1 Å². The molecule has 1 N–H and O–H groups in total. The normalized spacial score (nSPS) is 15.5. The van der Waals surface area contributed by atoms with Gasteiger partial charge in [0.15, 0.2) is 0 Å². The molecule has 0 unspecified atom stereocenters. The van der Waals surface area contributed by atoms with Gasteiger partial charge in [0.05, 0.1) is 0 Å². The van der Waals surface area contributed by atoms with Crippen molar-refractivity contribution in [2.45, 2.75) is 18.9 Å². The Bertz CT molecular complexity index is 396. The maximum absolute atomic E-state index is 11.3. The lowest BCUT2D eigenvalue weighted by atomic mass is 10.2. The SMILES string of the molecule is O=C(C=Cc1ccccc1Cl)NC1CC1. The third kappa shape index (κ3) is 3.10. The van der Waals surface area contributed by atoms with E-state index in [0.29, 0.717) is 11.1 Å². The maximum atomic E-state index is 11.3. The topological polar surface area (TPSA) is 29.1 Å². The van der Waals surface area contributed by atoms with Crippen molar-refractivity contribution in [1.29, 1.82) is 0 Å². The van der Waals surface area contributed by atoms with E-state index in [4.69, 9.17) is 11.6 Å². The fourth-order valence-corrected chi connectivity index (χ4v) is 1.45. The van der Waals surface area contributed by atoms with Gasteiger partial charge < -0.3 is 5.32 Å². The second kappa shape index (κ2) is 4.49. The summed E-state index contributed by atoms with van der Waals surface area (Å²) in [4.78, 5) is 11.3. The number of carbonyl (C=O) groups excluding carboxylic acids is 1. The van der Waals surface area contributed by atoms with Gasteiger partial charge in [0.1, 0.15) is 0 Å². The number of halogens is 1. The van der Waals surface area contributed by atoms with Crippen LogP contribution in [0.3, 0.4) is 0 Å². The number of amides is 1. The predicted octanol–water partition coefficient (Wildman–Crippen LogP) is 2.63. The molecule has 0 bridgehead atoms.